The molecule has 0 atom stereocenters. The van der Waals surface area contributed by atoms with Gasteiger partial charge in [0.05, 0.1) is 11.1 Å². The Morgan fingerprint density at radius 2 is 1.90 bits per heavy atom. The molecule has 0 amide bonds. The van der Waals surface area contributed by atoms with Crippen LogP contribution >= 0.6 is 15.9 Å². The number of rotatable bonds is 2. The molecule has 0 aliphatic heterocycles. The molecule has 0 aliphatic rings. The van der Waals surface area contributed by atoms with Crippen molar-refractivity contribution < 1.29 is 8.91 Å². The number of benzene rings is 2. The van der Waals surface area contributed by atoms with Gasteiger partial charge in [0.2, 0.25) is 5.82 Å². The van der Waals surface area contributed by atoms with Gasteiger partial charge in [0.15, 0.2) is 0 Å². The maximum absolute atomic E-state index is 13.7. The van der Waals surface area contributed by atoms with Gasteiger partial charge in [-0.1, -0.05) is 17.3 Å². The maximum Gasteiger partial charge on any atom is 0.259 e. The lowest BCUT2D eigenvalue weighted by Gasteiger charge is -2.00. The highest BCUT2D eigenvalue weighted by Crippen LogP contribution is 2.30. The second kappa shape index (κ2) is 5.05. The molecule has 0 spiro atoms. The van der Waals surface area contributed by atoms with E-state index in [1.807, 2.05) is 0 Å². The summed E-state index contributed by atoms with van der Waals surface area (Å²) in [6.07, 6.45) is 0. The summed E-state index contributed by atoms with van der Waals surface area (Å²) in [6.45, 7) is 0. The van der Waals surface area contributed by atoms with Crippen molar-refractivity contribution in [3.8, 4) is 22.8 Å². The molecule has 1 aromatic heterocycles. The van der Waals surface area contributed by atoms with Crippen LogP contribution in [0.2, 0.25) is 0 Å². The minimum atomic E-state index is -0.397. The molecule has 0 radical (unpaired) electrons. The zero-order chi connectivity index (χ0) is 14.1. The lowest BCUT2D eigenvalue weighted by molar-refractivity contribution is 0.431. The van der Waals surface area contributed by atoms with E-state index in [2.05, 4.69) is 26.1 Å². The molecular weight excluding hydrogens is 325 g/mol. The zero-order valence-corrected chi connectivity index (χ0v) is 11.8. The van der Waals surface area contributed by atoms with E-state index in [1.165, 1.54) is 6.07 Å². The second-order valence-corrected chi connectivity index (χ2v) is 5.00. The van der Waals surface area contributed by atoms with E-state index in [0.717, 1.165) is 4.47 Å². The molecule has 100 valence electrons. The predicted molar refractivity (Wildman–Crippen MR) is 77.2 cm³/mol. The number of aromatic nitrogens is 2. The van der Waals surface area contributed by atoms with E-state index in [-0.39, 0.29) is 11.7 Å². The van der Waals surface area contributed by atoms with Crippen LogP contribution in [0.5, 0.6) is 0 Å². The van der Waals surface area contributed by atoms with Gasteiger partial charge in [-0.05, 0) is 46.3 Å². The first kappa shape index (κ1) is 12.8. The summed E-state index contributed by atoms with van der Waals surface area (Å²) in [4.78, 5) is 4.21. The van der Waals surface area contributed by atoms with Gasteiger partial charge in [0.1, 0.15) is 5.82 Å². The van der Waals surface area contributed by atoms with Crippen molar-refractivity contribution in [1.29, 1.82) is 0 Å². The zero-order valence-electron chi connectivity index (χ0n) is 10.2. The van der Waals surface area contributed by atoms with E-state index in [1.54, 1.807) is 36.4 Å². The fourth-order valence-corrected chi connectivity index (χ4v) is 2.21. The topological polar surface area (TPSA) is 64.9 Å². The van der Waals surface area contributed by atoms with Gasteiger partial charge in [0.25, 0.3) is 5.89 Å². The van der Waals surface area contributed by atoms with Gasteiger partial charge in [-0.2, -0.15) is 4.98 Å². The molecule has 4 nitrogen and oxygen atoms in total. The monoisotopic (exact) mass is 333 g/mol. The summed E-state index contributed by atoms with van der Waals surface area (Å²) in [6, 6.07) is 11.5. The minimum Gasteiger partial charge on any atom is -0.399 e. The average Bonchev–Trinajstić information content (AvgIpc) is 2.91. The van der Waals surface area contributed by atoms with Crippen LogP contribution in [0.15, 0.2) is 51.5 Å². The summed E-state index contributed by atoms with van der Waals surface area (Å²) >= 11 is 3.39. The van der Waals surface area contributed by atoms with Crippen molar-refractivity contribution in [2.75, 3.05) is 5.73 Å². The SMILES string of the molecule is Nc1ccc(Br)c(-c2nc(-c3ccccc3F)no2)c1. The van der Waals surface area contributed by atoms with Crippen molar-refractivity contribution in [3.63, 3.8) is 0 Å². The molecule has 0 unspecified atom stereocenters. The number of nitrogens with zero attached hydrogens (tertiary/aromatic N) is 2. The standard InChI is InChI=1S/C14H9BrFN3O/c15-11-6-5-8(17)7-10(11)14-18-13(19-20-14)9-3-1-2-4-12(9)16/h1-7H,17H2. The molecule has 6 heteroatoms. The van der Waals surface area contributed by atoms with Crippen LogP contribution in [0.3, 0.4) is 0 Å². The number of nitrogen functional groups attached to an aromatic ring is 1. The van der Waals surface area contributed by atoms with Gasteiger partial charge in [0, 0.05) is 10.2 Å². The van der Waals surface area contributed by atoms with Gasteiger partial charge >= 0.3 is 0 Å². The quantitative estimate of drug-likeness (QED) is 0.722. The van der Waals surface area contributed by atoms with Crippen molar-refractivity contribution in [2.45, 2.75) is 0 Å². The number of nitrogens with two attached hydrogens (primary N) is 1. The van der Waals surface area contributed by atoms with Crippen LogP contribution in [0.25, 0.3) is 22.8 Å². The molecule has 2 N–H and O–H groups in total. The molecule has 0 fully saturated rings. The molecule has 2 aromatic carbocycles. The summed E-state index contributed by atoms with van der Waals surface area (Å²) in [5.74, 6) is 0.0846. The van der Waals surface area contributed by atoms with Gasteiger partial charge in [-0.25, -0.2) is 4.39 Å². The molecule has 0 bridgehead atoms. The van der Waals surface area contributed by atoms with Crippen molar-refractivity contribution in [3.05, 3.63) is 52.8 Å². The minimum absolute atomic E-state index is 0.201. The Morgan fingerprint density at radius 1 is 1.10 bits per heavy atom. The largest absolute Gasteiger partial charge is 0.399 e. The van der Waals surface area contributed by atoms with E-state index >= 15 is 0 Å². The van der Waals surface area contributed by atoms with Crippen molar-refractivity contribution in [2.24, 2.45) is 0 Å². The third-order valence-electron chi connectivity index (χ3n) is 2.76. The smallest absolute Gasteiger partial charge is 0.259 e. The number of anilines is 1. The second-order valence-electron chi connectivity index (χ2n) is 4.14. The fraction of sp³-hybridized carbons (Fsp3) is 0. The number of halogens is 2. The Hall–Kier alpha value is -2.21. The van der Waals surface area contributed by atoms with E-state index in [9.17, 15) is 4.39 Å². The van der Waals surface area contributed by atoms with Gasteiger partial charge < -0.3 is 10.3 Å². The van der Waals surface area contributed by atoms with Crippen LogP contribution < -0.4 is 5.73 Å². The summed E-state index contributed by atoms with van der Waals surface area (Å²) in [5, 5.41) is 3.81. The Morgan fingerprint density at radius 3 is 2.70 bits per heavy atom. The van der Waals surface area contributed by atoms with E-state index in [4.69, 9.17) is 10.3 Å². The first-order valence-electron chi connectivity index (χ1n) is 5.79. The fourth-order valence-electron chi connectivity index (χ4n) is 1.79. The first-order valence-corrected chi connectivity index (χ1v) is 6.58. The molecule has 0 aliphatic carbocycles. The highest BCUT2D eigenvalue weighted by molar-refractivity contribution is 9.10. The average molecular weight is 334 g/mol. The third-order valence-corrected chi connectivity index (χ3v) is 3.45. The van der Waals surface area contributed by atoms with Crippen LogP contribution in [-0.2, 0) is 0 Å². The molecule has 1 heterocycles. The Kier molecular flexibility index (Phi) is 3.23. The third kappa shape index (κ3) is 2.30. The van der Waals surface area contributed by atoms with Crippen molar-refractivity contribution >= 4 is 21.6 Å². The van der Waals surface area contributed by atoms with Crippen LogP contribution in [0.4, 0.5) is 10.1 Å². The number of hydrogen-bond donors (Lipinski definition) is 1. The van der Waals surface area contributed by atoms with Gasteiger partial charge in [-0.15, -0.1) is 0 Å². The first-order chi connectivity index (χ1) is 9.65. The summed E-state index contributed by atoms with van der Waals surface area (Å²) in [5.41, 5.74) is 7.27. The van der Waals surface area contributed by atoms with Crippen LogP contribution in [0, 0.1) is 5.82 Å². The Bertz CT molecular complexity index is 773. The normalized spacial score (nSPS) is 10.7. The highest BCUT2D eigenvalue weighted by atomic mass is 79.9. The molecule has 3 aromatic rings. The highest BCUT2D eigenvalue weighted by Gasteiger charge is 2.15. The lowest BCUT2D eigenvalue weighted by Crippen LogP contribution is -1.88. The Labute approximate surface area is 122 Å². The Balaban J connectivity index is 2.07. The maximum atomic E-state index is 13.7. The molecular formula is C14H9BrFN3O. The molecule has 0 saturated heterocycles. The molecule has 20 heavy (non-hydrogen) atoms. The molecule has 0 saturated carbocycles. The van der Waals surface area contributed by atoms with E-state index < -0.39 is 5.82 Å². The lowest BCUT2D eigenvalue weighted by atomic mass is 10.2. The van der Waals surface area contributed by atoms with Crippen LogP contribution in [-0.4, -0.2) is 10.1 Å². The van der Waals surface area contributed by atoms with Crippen LogP contribution in [0.1, 0.15) is 0 Å². The predicted octanol–water partition coefficient (Wildman–Crippen LogP) is 3.89. The van der Waals surface area contributed by atoms with Crippen molar-refractivity contribution in [1.82, 2.24) is 10.1 Å². The summed E-state index contributed by atoms with van der Waals surface area (Å²) in [7, 11) is 0. The van der Waals surface area contributed by atoms with Gasteiger partial charge in [-0.3, -0.25) is 0 Å². The molecule has 3 rings (SSSR count). The summed E-state index contributed by atoms with van der Waals surface area (Å²) < 4.78 is 19.6. The number of hydrogen-bond acceptors (Lipinski definition) is 4. The van der Waals surface area contributed by atoms with E-state index in [0.29, 0.717) is 16.8 Å².